The lowest BCUT2D eigenvalue weighted by atomic mass is 9.97. The number of aliphatic hydroxyl groups is 1. The normalized spacial score (nSPS) is 15.1. The van der Waals surface area contributed by atoms with Crippen molar-refractivity contribution in [3.8, 4) is 5.75 Å². The average molecular weight is 196 g/mol. The third kappa shape index (κ3) is 2.72. The lowest BCUT2D eigenvalue weighted by molar-refractivity contribution is -0.0343. The Morgan fingerprint density at radius 3 is 2.36 bits per heavy atom. The van der Waals surface area contributed by atoms with Gasteiger partial charge < -0.3 is 14.9 Å². The maximum Gasteiger partial charge on any atom is 0.115 e. The molecule has 14 heavy (non-hydrogen) atoms. The highest BCUT2D eigenvalue weighted by Gasteiger charge is 2.22. The van der Waals surface area contributed by atoms with Gasteiger partial charge in [0.1, 0.15) is 11.4 Å². The van der Waals surface area contributed by atoms with Crippen LogP contribution in [0.2, 0.25) is 0 Å². The van der Waals surface area contributed by atoms with Gasteiger partial charge in [0.25, 0.3) is 0 Å². The van der Waals surface area contributed by atoms with Crippen molar-refractivity contribution in [3.05, 3.63) is 29.8 Å². The Kier molecular flexibility index (Phi) is 3.49. The molecule has 1 unspecified atom stereocenters. The van der Waals surface area contributed by atoms with Gasteiger partial charge in [-0.25, -0.2) is 0 Å². The number of hydrogen-bond donors (Lipinski definition) is 2. The van der Waals surface area contributed by atoms with Crippen LogP contribution in [0.3, 0.4) is 0 Å². The summed E-state index contributed by atoms with van der Waals surface area (Å²) < 4.78 is 5.17. The zero-order valence-electron chi connectivity index (χ0n) is 8.53. The van der Waals surface area contributed by atoms with Crippen LogP contribution in [0.15, 0.2) is 24.3 Å². The van der Waals surface area contributed by atoms with Crippen LogP contribution < -0.4 is 0 Å². The van der Waals surface area contributed by atoms with Gasteiger partial charge in [0.2, 0.25) is 0 Å². The summed E-state index contributed by atoms with van der Waals surface area (Å²) in [7, 11) is 0. The summed E-state index contributed by atoms with van der Waals surface area (Å²) in [6.45, 7) is 4.41. The standard InChI is InChI=1S/C11H16O3/c1-3-14-8-11(2,13)9-4-6-10(12)7-5-9/h4-7,12-13H,3,8H2,1-2H3. The molecule has 0 aliphatic heterocycles. The van der Waals surface area contributed by atoms with E-state index in [0.29, 0.717) is 6.61 Å². The van der Waals surface area contributed by atoms with Crippen LogP contribution in [0.25, 0.3) is 0 Å². The molecule has 0 amide bonds. The fraction of sp³-hybridized carbons (Fsp3) is 0.455. The fourth-order valence-electron chi connectivity index (χ4n) is 1.20. The van der Waals surface area contributed by atoms with Gasteiger partial charge in [-0.15, -0.1) is 0 Å². The van der Waals surface area contributed by atoms with Gasteiger partial charge in [-0.1, -0.05) is 12.1 Å². The van der Waals surface area contributed by atoms with Crippen molar-refractivity contribution < 1.29 is 14.9 Å². The molecular weight excluding hydrogens is 180 g/mol. The van der Waals surface area contributed by atoms with Crippen molar-refractivity contribution in [1.82, 2.24) is 0 Å². The number of rotatable bonds is 4. The smallest absolute Gasteiger partial charge is 0.115 e. The highest BCUT2D eigenvalue weighted by molar-refractivity contribution is 5.29. The molecule has 0 heterocycles. The van der Waals surface area contributed by atoms with E-state index in [9.17, 15) is 5.11 Å². The predicted octanol–water partition coefficient (Wildman–Crippen LogP) is 1.64. The molecule has 1 aromatic rings. The van der Waals surface area contributed by atoms with Gasteiger partial charge in [-0.3, -0.25) is 0 Å². The molecule has 2 N–H and O–H groups in total. The molecule has 78 valence electrons. The topological polar surface area (TPSA) is 49.7 Å². The van der Waals surface area contributed by atoms with Crippen molar-refractivity contribution in [2.24, 2.45) is 0 Å². The maximum atomic E-state index is 10.0. The molecule has 1 atom stereocenters. The Morgan fingerprint density at radius 2 is 1.86 bits per heavy atom. The van der Waals surface area contributed by atoms with Gasteiger partial charge in [0, 0.05) is 6.61 Å². The molecule has 3 heteroatoms. The van der Waals surface area contributed by atoms with Gasteiger partial charge in [-0.05, 0) is 31.5 Å². The van der Waals surface area contributed by atoms with Crippen LogP contribution in [0.1, 0.15) is 19.4 Å². The van der Waals surface area contributed by atoms with Crippen LogP contribution in [0, 0.1) is 0 Å². The van der Waals surface area contributed by atoms with E-state index in [1.807, 2.05) is 6.92 Å². The highest BCUT2D eigenvalue weighted by atomic mass is 16.5. The summed E-state index contributed by atoms with van der Waals surface area (Å²) in [5.41, 5.74) is -0.257. The lowest BCUT2D eigenvalue weighted by Crippen LogP contribution is -2.27. The molecule has 0 spiro atoms. The van der Waals surface area contributed by atoms with Crippen molar-refractivity contribution in [2.45, 2.75) is 19.4 Å². The Labute approximate surface area is 84.0 Å². The minimum Gasteiger partial charge on any atom is -0.508 e. The van der Waals surface area contributed by atoms with Crippen LogP contribution in [0.4, 0.5) is 0 Å². The van der Waals surface area contributed by atoms with E-state index in [1.54, 1.807) is 31.2 Å². The molecular formula is C11H16O3. The second-order valence-electron chi connectivity index (χ2n) is 3.46. The summed E-state index contributed by atoms with van der Waals surface area (Å²) in [4.78, 5) is 0. The van der Waals surface area contributed by atoms with E-state index in [-0.39, 0.29) is 12.4 Å². The third-order valence-corrected chi connectivity index (χ3v) is 2.08. The van der Waals surface area contributed by atoms with Crippen molar-refractivity contribution >= 4 is 0 Å². The monoisotopic (exact) mass is 196 g/mol. The van der Waals surface area contributed by atoms with E-state index in [1.165, 1.54) is 0 Å². The molecule has 1 aromatic carbocycles. The zero-order chi connectivity index (χ0) is 10.6. The molecule has 1 rings (SSSR count). The van der Waals surface area contributed by atoms with Crippen molar-refractivity contribution in [1.29, 1.82) is 0 Å². The molecule has 0 saturated carbocycles. The third-order valence-electron chi connectivity index (χ3n) is 2.08. The molecule has 0 saturated heterocycles. The largest absolute Gasteiger partial charge is 0.508 e. The number of phenols is 1. The number of hydrogen-bond acceptors (Lipinski definition) is 3. The van der Waals surface area contributed by atoms with Gasteiger partial charge in [0.05, 0.1) is 6.61 Å². The molecule has 3 nitrogen and oxygen atoms in total. The van der Waals surface area contributed by atoms with Gasteiger partial charge in [0.15, 0.2) is 0 Å². The first-order chi connectivity index (χ1) is 6.56. The number of aromatic hydroxyl groups is 1. The lowest BCUT2D eigenvalue weighted by Gasteiger charge is -2.23. The minimum atomic E-state index is -0.996. The number of benzene rings is 1. The van der Waals surface area contributed by atoms with E-state index >= 15 is 0 Å². The molecule has 0 bridgehead atoms. The Hall–Kier alpha value is -1.06. The molecule has 0 radical (unpaired) electrons. The van der Waals surface area contributed by atoms with Gasteiger partial charge >= 0.3 is 0 Å². The second-order valence-corrected chi connectivity index (χ2v) is 3.46. The van der Waals surface area contributed by atoms with Crippen LogP contribution in [-0.4, -0.2) is 23.4 Å². The first-order valence-electron chi connectivity index (χ1n) is 4.66. The second kappa shape index (κ2) is 4.44. The minimum absolute atomic E-state index is 0.195. The number of ether oxygens (including phenoxy) is 1. The Balaban J connectivity index is 2.75. The maximum absolute atomic E-state index is 10.0. The molecule has 0 fully saturated rings. The van der Waals surface area contributed by atoms with Crippen LogP contribution in [0.5, 0.6) is 5.75 Å². The van der Waals surface area contributed by atoms with E-state index in [4.69, 9.17) is 9.84 Å². The van der Waals surface area contributed by atoms with Crippen LogP contribution in [-0.2, 0) is 10.3 Å². The fourth-order valence-corrected chi connectivity index (χ4v) is 1.20. The first kappa shape index (κ1) is 11.0. The van der Waals surface area contributed by atoms with E-state index in [2.05, 4.69) is 0 Å². The van der Waals surface area contributed by atoms with Gasteiger partial charge in [-0.2, -0.15) is 0 Å². The quantitative estimate of drug-likeness (QED) is 0.769. The zero-order valence-corrected chi connectivity index (χ0v) is 8.53. The summed E-state index contributed by atoms with van der Waals surface area (Å²) in [6.07, 6.45) is 0. The van der Waals surface area contributed by atoms with Crippen molar-refractivity contribution in [2.75, 3.05) is 13.2 Å². The Bertz CT molecular complexity index is 277. The van der Waals surface area contributed by atoms with Crippen molar-refractivity contribution in [3.63, 3.8) is 0 Å². The summed E-state index contributed by atoms with van der Waals surface area (Å²) in [5, 5.41) is 19.1. The number of phenolic OH excluding ortho intramolecular Hbond substituents is 1. The van der Waals surface area contributed by atoms with E-state index in [0.717, 1.165) is 5.56 Å². The first-order valence-corrected chi connectivity index (χ1v) is 4.66. The molecule has 0 aromatic heterocycles. The van der Waals surface area contributed by atoms with Crippen LogP contribution >= 0.6 is 0 Å². The SMILES string of the molecule is CCOCC(C)(O)c1ccc(O)cc1. The summed E-state index contributed by atoms with van der Waals surface area (Å²) in [5.74, 6) is 0.195. The van der Waals surface area contributed by atoms with E-state index < -0.39 is 5.60 Å². The molecule has 0 aliphatic rings. The average Bonchev–Trinajstić information content (AvgIpc) is 2.16. The summed E-state index contributed by atoms with van der Waals surface area (Å²) >= 11 is 0. The highest BCUT2D eigenvalue weighted by Crippen LogP contribution is 2.22. The molecule has 0 aliphatic carbocycles. The summed E-state index contributed by atoms with van der Waals surface area (Å²) in [6, 6.07) is 6.48. The Morgan fingerprint density at radius 1 is 1.29 bits per heavy atom. The predicted molar refractivity (Wildman–Crippen MR) is 54.2 cm³/mol.